The molecule has 6 heteroatoms. The quantitative estimate of drug-likeness (QED) is 0.471. The number of hydrogen-bond donors (Lipinski definition) is 2. The molecule has 1 fully saturated rings. The van der Waals surface area contributed by atoms with E-state index in [9.17, 15) is 4.79 Å². The van der Waals surface area contributed by atoms with Gasteiger partial charge in [-0.1, -0.05) is 37.0 Å². The monoisotopic (exact) mass is 419 g/mol. The predicted molar refractivity (Wildman–Crippen MR) is 122 cm³/mol. The van der Waals surface area contributed by atoms with Gasteiger partial charge in [0.1, 0.15) is 0 Å². The van der Waals surface area contributed by atoms with Gasteiger partial charge in [-0.15, -0.1) is 11.3 Å². The highest BCUT2D eigenvalue weighted by atomic mass is 32.1. The zero-order chi connectivity index (χ0) is 19.6. The third-order valence-corrected chi connectivity index (χ3v) is 6.98. The maximum atomic E-state index is 12.2. The van der Waals surface area contributed by atoms with Crippen molar-refractivity contribution in [1.29, 1.82) is 0 Å². The number of carbonyl (C=O) groups excluding carboxylic acids is 1. The van der Waals surface area contributed by atoms with Crippen molar-refractivity contribution in [3.8, 4) is 0 Å². The highest BCUT2D eigenvalue weighted by Crippen LogP contribution is 2.25. The fraction of sp³-hybridized carbons (Fsp3) is 0.636. The van der Waals surface area contributed by atoms with Gasteiger partial charge in [0.2, 0.25) is 5.91 Å². The SMILES string of the molecule is O=C(CNC(=S)N(Cc1cccs1)C1CCCCC1)NCCC1=CCCCC1. The molecule has 0 saturated heterocycles. The van der Waals surface area contributed by atoms with E-state index in [1.807, 2.05) is 0 Å². The topological polar surface area (TPSA) is 44.4 Å². The number of rotatable bonds is 8. The summed E-state index contributed by atoms with van der Waals surface area (Å²) in [5.74, 6) is 0.0264. The van der Waals surface area contributed by atoms with E-state index in [1.54, 1.807) is 11.3 Å². The van der Waals surface area contributed by atoms with Crippen molar-refractivity contribution in [2.24, 2.45) is 0 Å². The molecule has 0 aliphatic heterocycles. The minimum atomic E-state index is 0.0264. The summed E-state index contributed by atoms with van der Waals surface area (Å²) in [5.41, 5.74) is 1.49. The molecule has 154 valence electrons. The number of nitrogens with one attached hydrogen (secondary N) is 2. The fourth-order valence-corrected chi connectivity index (χ4v) is 5.13. The lowest BCUT2D eigenvalue weighted by molar-refractivity contribution is -0.120. The first kappa shape index (κ1) is 21.3. The zero-order valence-corrected chi connectivity index (χ0v) is 18.4. The van der Waals surface area contributed by atoms with Crippen LogP contribution in [0.25, 0.3) is 0 Å². The van der Waals surface area contributed by atoms with E-state index >= 15 is 0 Å². The second-order valence-electron chi connectivity index (χ2n) is 7.87. The molecule has 1 heterocycles. The zero-order valence-electron chi connectivity index (χ0n) is 16.8. The van der Waals surface area contributed by atoms with Crippen LogP contribution in [0.5, 0.6) is 0 Å². The van der Waals surface area contributed by atoms with Gasteiger partial charge >= 0.3 is 0 Å². The maximum Gasteiger partial charge on any atom is 0.239 e. The van der Waals surface area contributed by atoms with Crippen LogP contribution in [0.3, 0.4) is 0 Å². The van der Waals surface area contributed by atoms with Crippen molar-refractivity contribution in [2.75, 3.05) is 13.1 Å². The molecule has 1 aromatic heterocycles. The molecule has 28 heavy (non-hydrogen) atoms. The minimum absolute atomic E-state index is 0.0264. The maximum absolute atomic E-state index is 12.2. The molecule has 2 aliphatic rings. The van der Waals surface area contributed by atoms with Gasteiger partial charge in [-0.3, -0.25) is 4.79 Å². The third-order valence-electron chi connectivity index (χ3n) is 5.74. The van der Waals surface area contributed by atoms with Crippen LogP contribution in [0.15, 0.2) is 29.2 Å². The molecule has 1 aromatic rings. The minimum Gasteiger partial charge on any atom is -0.354 e. The highest BCUT2D eigenvalue weighted by Gasteiger charge is 2.24. The second-order valence-corrected chi connectivity index (χ2v) is 9.28. The first-order valence-corrected chi connectivity index (χ1v) is 12.0. The Kier molecular flexibility index (Phi) is 8.80. The molecule has 2 N–H and O–H groups in total. The van der Waals surface area contributed by atoms with Gasteiger partial charge in [0.05, 0.1) is 13.1 Å². The molecule has 0 atom stereocenters. The molecule has 2 aliphatic carbocycles. The lowest BCUT2D eigenvalue weighted by Gasteiger charge is -2.36. The summed E-state index contributed by atoms with van der Waals surface area (Å²) in [5, 5.41) is 9.07. The largest absolute Gasteiger partial charge is 0.354 e. The Morgan fingerprint density at radius 3 is 2.75 bits per heavy atom. The number of thiocarbonyl (C=S) groups is 1. The molecule has 1 saturated carbocycles. The summed E-state index contributed by atoms with van der Waals surface area (Å²) in [4.78, 5) is 15.9. The highest BCUT2D eigenvalue weighted by molar-refractivity contribution is 7.80. The summed E-state index contributed by atoms with van der Waals surface area (Å²) in [6.07, 6.45) is 14.5. The van der Waals surface area contributed by atoms with E-state index in [4.69, 9.17) is 12.2 Å². The average Bonchev–Trinajstić information content (AvgIpc) is 3.25. The molecule has 4 nitrogen and oxygen atoms in total. The predicted octanol–water partition coefficient (Wildman–Crippen LogP) is 4.76. The Morgan fingerprint density at radius 1 is 1.18 bits per heavy atom. The van der Waals surface area contributed by atoms with E-state index < -0.39 is 0 Å². The van der Waals surface area contributed by atoms with Gasteiger partial charge < -0.3 is 15.5 Å². The van der Waals surface area contributed by atoms with E-state index in [1.165, 1.54) is 68.2 Å². The van der Waals surface area contributed by atoms with Crippen molar-refractivity contribution >= 4 is 34.6 Å². The van der Waals surface area contributed by atoms with Crippen LogP contribution in [0, 0.1) is 0 Å². The molecule has 0 radical (unpaired) electrons. The molecule has 1 amide bonds. The van der Waals surface area contributed by atoms with E-state index in [0.29, 0.717) is 11.2 Å². The van der Waals surface area contributed by atoms with Crippen LogP contribution < -0.4 is 10.6 Å². The number of hydrogen-bond acceptors (Lipinski definition) is 3. The molecule has 0 bridgehead atoms. The number of carbonyl (C=O) groups is 1. The van der Waals surface area contributed by atoms with Crippen molar-refractivity contribution in [1.82, 2.24) is 15.5 Å². The molecule has 0 unspecified atom stereocenters. The summed E-state index contributed by atoms with van der Waals surface area (Å²) in [6.45, 7) is 1.82. The number of amides is 1. The van der Waals surface area contributed by atoms with Crippen LogP contribution in [0.4, 0.5) is 0 Å². The van der Waals surface area contributed by atoms with Crippen LogP contribution in [0.1, 0.15) is 69.1 Å². The van der Waals surface area contributed by atoms with Gasteiger partial charge in [-0.25, -0.2) is 0 Å². The van der Waals surface area contributed by atoms with Crippen LogP contribution in [-0.2, 0) is 11.3 Å². The smallest absolute Gasteiger partial charge is 0.239 e. The summed E-state index contributed by atoms with van der Waals surface area (Å²) >= 11 is 7.46. The second kappa shape index (κ2) is 11.6. The summed E-state index contributed by atoms with van der Waals surface area (Å²) in [6, 6.07) is 4.73. The Bertz CT molecular complexity index is 651. The molecule has 0 aromatic carbocycles. The average molecular weight is 420 g/mol. The van der Waals surface area contributed by atoms with Gasteiger partial charge in [-0.05, 0) is 68.6 Å². The van der Waals surface area contributed by atoms with Gasteiger partial charge in [0.25, 0.3) is 0 Å². The molecular weight excluding hydrogens is 386 g/mol. The third kappa shape index (κ3) is 6.89. The van der Waals surface area contributed by atoms with Crippen molar-refractivity contribution in [2.45, 2.75) is 76.8 Å². The Balaban J connectivity index is 1.44. The van der Waals surface area contributed by atoms with Crippen LogP contribution in [-0.4, -0.2) is 35.1 Å². The number of thiophene rings is 1. The number of allylic oxidation sites excluding steroid dienone is 1. The van der Waals surface area contributed by atoms with Gasteiger partial charge in [0, 0.05) is 17.5 Å². The Labute approximate surface area is 178 Å². The Hall–Kier alpha value is -1.40. The first-order valence-electron chi connectivity index (χ1n) is 10.7. The van der Waals surface area contributed by atoms with Crippen molar-refractivity contribution in [3.05, 3.63) is 34.0 Å². The van der Waals surface area contributed by atoms with Crippen LogP contribution >= 0.6 is 23.6 Å². The molecule has 0 spiro atoms. The lowest BCUT2D eigenvalue weighted by Crippen LogP contribution is -2.48. The van der Waals surface area contributed by atoms with Crippen molar-refractivity contribution < 1.29 is 4.79 Å². The summed E-state index contributed by atoms with van der Waals surface area (Å²) < 4.78 is 0. The fourth-order valence-electron chi connectivity index (χ4n) is 4.14. The summed E-state index contributed by atoms with van der Waals surface area (Å²) in [7, 11) is 0. The van der Waals surface area contributed by atoms with E-state index in [0.717, 1.165) is 19.5 Å². The standard InChI is InChI=1S/C22H33N3OS2/c26-21(23-14-13-18-8-3-1-4-9-18)16-24-22(27)25(17-20-12-7-15-28-20)19-10-5-2-6-11-19/h7-8,12,15,19H,1-6,9-11,13-14,16-17H2,(H,23,26)(H,24,27). The molecular formula is C22H33N3OS2. The van der Waals surface area contributed by atoms with Gasteiger partial charge in [0.15, 0.2) is 5.11 Å². The Morgan fingerprint density at radius 2 is 2.04 bits per heavy atom. The molecule has 3 rings (SSSR count). The van der Waals surface area contributed by atoms with E-state index in [2.05, 4.69) is 39.1 Å². The number of nitrogens with zero attached hydrogens (tertiary/aromatic N) is 1. The van der Waals surface area contributed by atoms with Crippen LogP contribution in [0.2, 0.25) is 0 Å². The normalized spacial score (nSPS) is 17.6. The first-order chi connectivity index (χ1) is 13.7. The van der Waals surface area contributed by atoms with Gasteiger partial charge in [-0.2, -0.15) is 0 Å². The lowest BCUT2D eigenvalue weighted by atomic mass is 9.94. The van der Waals surface area contributed by atoms with E-state index in [-0.39, 0.29) is 12.5 Å². The van der Waals surface area contributed by atoms with Crippen molar-refractivity contribution in [3.63, 3.8) is 0 Å².